The number of benzene rings is 1. The first-order chi connectivity index (χ1) is 11.9. The number of rotatable bonds is 4. The summed E-state index contributed by atoms with van der Waals surface area (Å²) < 4.78 is 1.19. The first-order valence-electron chi connectivity index (χ1n) is 7.45. The molecule has 0 bridgehead atoms. The summed E-state index contributed by atoms with van der Waals surface area (Å²) in [5.74, 6) is -1.22. The number of thiophene rings is 1. The SMILES string of the molecule is Cc1cccc(NC(=O)Cn2c(C)nc3scc(C(=O)O)c3c2=O)c1. The van der Waals surface area contributed by atoms with E-state index in [1.165, 1.54) is 9.95 Å². The van der Waals surface area contributed by atoms with E-state index in [4.69, 9.17) is 0 Å². The Morgan fingerprint density at radius 2 is 2.08 bits per heavy atom. The molecule has 0 saturated heterocycles. The molecule has 1 amide bonds. The molecular weight excluding hydrogens is 342 g/mol. The van der Waals surface area contributed by atoms with Gasteiger partial charge < -0.3 is 10.4 Å². The molecule has 0 fully saturated rings. The van der Waals surface area contributed by atoms with Crippen LogP contribution in [0.2, 0.25) is 0 Å². The molecule has 0 aliphatic carbocycles. The highest BCUT2D eigenvalue weighted by Crippen LogP contribution is 2.21. The molecule has 8 heteroatoms. The van der Waals surface area contributed by atoms with E-state index in [2.05, 4.69) is 10.3 Å². The number of carboxylic acids is 1. The van der Waals surface area contributed by atoms with Crippen LogP contribution in [0.3, 0.4) is 0 Å². The molecule has 128 valence electrons. The summed E-state index contributed by atoms with van der Waals surface area (Å²) in [4.78, 5) is 40.8. The van der Waals surface area contributed by atoms with Gasteiger partial charge in [0, 0.05) is 11.1 Å². The predicted molar refractivity (Wildman–Crippen MR) is 95.4 cm³/mol. The van der Waals surface area contributed by atoms with Crippen molar-refractivity contribution in [1.82, 2.24) is 9.55 Å². The number of hydrogen-bond donors (Lipinski definition) is 2. The Balaban J connectivity index is 1.95. The third kappa shape index (κ3) is 3.29. The Morgan fingerprint density at radius 1 is 1.32 bits per heavy atom. The highest BCUT2D eigenvalue weighted by atomic mass is 32.1. The van der Waals surface area contributed by atoms with Crippen molar-refractivity contribution in [1.29, 1.82) is 0 Å². The topological polar surface area (TPSA) is 101 Å². The van der Waals surface area contributed by atoms with Gasteiger partial charge >= 0.3 is 5.97 Å². The zero-order valence-corrected chi connectivity index (χ0v) is 14.4. The van der Waals surface area contributed by atoms with Crippen LogP contribution in [0.4, 0.5) is 5.69 Å². The van der Waals surface area contributed by atoms with Crippen molar-refractivity contribution >= 4 is 39.1 Å². The van der Waals surface area contributed by atoms with Crippen molar-refractivity contribution in [3.63, 3.8) is 0 Å². The summed E-state index contributed by atoms with van der Waals surface area (Å²) in [6, 6.07) is 7.30. The van der Waals surface area contributed by atoms with Crippen LogP contribution in [0, 0.1) is 13.8 Å². The van der Waals surface area contributed by atoms with E-state index in [-0.39, 0.29) is 23.4 Å². The summed E-state index contributed by atoms with van der Waals surface area (Å²) in [5, 5.41) is 13.4. The van der Waals surface area contributed by atoms with Crippen molar-refractivity contribution in [2.24, 2.45) is 0 Å². The van der Waals surface area contributed by atoms with E-state index in [9.17, 15) is 19.5 Å². The average molecular weight is 357 g/mol. The first-order valence-corrected chi connectivity index (χ1v) is 8.33. The fourth-order valence-corrected chi connectivity index (χ4v) is 3.48. The van der Waals surface area contributed by atoms with Gasteiger partial charge in [-0.1, -0.05) is 12.1 Å². The Hall–Kier alpha value is -3.00. The van der Waals surface area contributed by atoms with Crippen molar-refractivity contribution in [2.45, 2.75) is 20.4 Å². The van der Waals surface area contributed by atoms with Crippen LogP contribution in [0.1, 0.15) is 21.7 Å². The van der Waals surface area contributed by atoms with Crippen LogP contribution in [-0.4, -0.2) is 26.5 Å². The highest BCUT2D eigenvalue weighted by molar-refractivity contribution is 7.17. The second-order valence-corrected chi connectivity index (χ2v) is 6.46. The zero-order valence-electron chi connectivity index (χ0n) is 13.6. The first kappa shape index (κ1) is 16.8. The smallest absolute Gasteiger partial charge is 0.337 e. The van der Waals surface area contributed by atoms with Crippen LogP contribution >= 0.6 is 11.3 Å². The van der Waals surface area contributed by atoms with Gasteiger partial charge in [0.2, 0.25) is 5.91 Å². The molecule has 7 nitrogen and oxygen atoms in total. The Labute approximate surface area is 146 Å². The van der Waals surface area contributed by atoms with E-state index in [1.54, 1.807) is 13.0 Å². The molecule has 0 unspecified atom stereocenters. The van der Waals surface area contributed by atoms with E-state index >= 15 is 0 Å². The quantitative estimate of drug-likeness (QED) is 0.747. The third-order valence-electron chi connectivity index (χ3n) is 3.72. The molecule has 3 rings (SSSR count). The van der Waals surface area contributed by atoms with Crippen LogP contribution in [0.15, 0.2) is 34.4 Å². The number of carbonyl (C=O) groups is 2. The van der Waals surface area contributed by atoms with Crippen LogP contribution in [-0.2, 0) is 11.3 Å². The van der Waals surface area contributed by atoms with Gasteiger partial charge in [-0.05, 0) is 31.5 Å². The number of amides is 1. The minimum atomic E-state index is -1.19. The molecule has 0 saturated carbocycles. The summed E-state index contributed by atoms with van der Waals surface area (Å²) in [7, 11) is 0. The molecule has 0 radical (unpaired) electrons. The molecule has 3 aromatic rings. The van der Waals surface area contributed by atoms with E-state index in [0.29, 0.717) is 16.3 Å². The summed E-state index contributed by atoms with van der Waals surface area (Å²) in [6.45, 7) is 3.28. The third-order valence-corrected chi connectivity index (χ3v) is 4.59. The minimum absolute atomic E-state index is 0.0338. The normalized spacial score (nSPS) is 10.8. The molecule has 0 spiro atoms. The fraction of sp³-hybridized carbons (Fsp3) is 0.176. The maximum absolute atomic E-state index is 12.7. The number of nitrogens with one attached hydrogen (secondary N) is 1. The predicted octanol–water partition coefficient (Wildman–Crippen LogP) is 2.41. The van der Waals surface area contributed by atoms with E-state index in [1.807, 2.05) is 25.1 Å². The standard InChI is InChI=1S/C17H15N3O4S/c1-9-4-3-5-11(6-9)19-13(21)7-20-10(2)18-15-14(16(20)22)12(8-25-15)17(23)24/h3-6,8H,7H2,1-2H3,(H,19,21)(H,23,24). The largest absolute Gasteiger partial charge is 0.478 e. The summed E-state index contributed by atoms with van der Waals surface area (Å²) in [6.07, 6.45) is 0. The molecule has 0 atom stereocenters. The number of anilines is 1. The van der Waals surface area contributed by atoms with Crippen LogP contribution in [0.25, 0.3) is 10.2 Å². The maximum Gasteiger partial charge on any atom is 0.337 e. The van der Waals surface area contributed by atoms with Crippen molar-refractivity contribution in [3.05, 3.63) is 57.0 Å². The molecular formula is C17H15N3O4S. The van der Waals surface area contributed by atoms with Gasteiger partial charge in [0.05, 0.1) is 10.9 Å². The number of nitrogens with zero attached hydrogens (tertiary/aromatic N) is 2. The van der Waals surface area contributed by atoms with Crippen molar-refractivity contribution in [2.75, 3.05) is 5.32 Å². The van der Waals surface area contributed by atoms with Gasteiger partial charge in [0.1, 0.15) is 17.2 Å². The van der Waals surface area contributed by atoms with Gasteiger partial charge in [-0.2, -0.15) is 0 Å². The number of hydrogen-bond acceptors (Lipinski definition) is 5. The molecule has 0 aliphatic heterocycles. The monoisotopic (exact) mass is 357 g/mol. The Morgan fingerprint density at radius 3 is 2.76 bits per heavy atom. The molecule has 2 aromatic heterocycles. The number of carboxylic acid groups (broad SMARTS) is 1. The lowest BCUT2D eigenvalue weighted by Gasteiger charge is -2.10. The average Bonchev–Trinajstić information content (AvgIpc) is 2.95. The van der Waals surface area contributed by atoms with Crippen LogP contribution < -0.4 is 10.9 Å². The second-order valence-electron chi connectivity index (χ2n) is 5.60. The van der Waals surface area contributed by atoms with Gasteiger partial charge in [0.15, 0.2) is 0 Å². The molecule has 0 aliphatic rings. The van der Waals surface area contributed by atoms with Gasteiger partial charge in [-0.3, -0.25) is 14.2 Å². The molecule has 2 N–H and O–H groups in total. The van der Waals surface area contributed by atoms with E-state index in [0.717, 1.165) is 16.9 Å². The summed E-state index contributed by atoms with van der Waals surface area (Å²) >= 11 is 1.10. The van der Waals surface area contributed by atoms with Gasteiger partial charge in [0.25, 0.3) is 5.56 Å². The lowest BCUT2D eigenvalue weighted by Crippen LogP contribution is -2.30. The minimum Gasteiger partial charge on any atom is -0.478 e. The number of aromatic carboxylic acids is 1. The summed E-state index contributed by atoms with van der Waals surface area (Å²) in [5.41, 5.74) is 1.01. The molecule has 25 heavy (non-hydrogen) atoms. The number of carbonyl (C=O) groups excluding carboxylic acids is 1. The number of aromatic nitrogens is 2. The van der Waals surface area contributed by atoms with E-state index < -0.39 is 11.5 Å². The maximum atomic E-state index is 12.7. The van der Waals surface area contributed by atoms with Gasteiger partial charge in [-0.15, -0.1) is 11.3 Å². The Bertz CT molecular complexity index is 1050. The van der Waals surface area contributed by atoms with Gasteiger partial charge in [-0.25, -0.2) is 9.78 Å². The number of aryl methyl sites for hydroxylation is 2. The Kier molecular flexibility index (Phi) is 4.37. The van der Waals surface area contributed by atoms with Crippen molar-refractivity contribution in [3.8, 4) is 0 Å². The number of fused-ring (bicyclic) bond motifs is 1. The zero-order chi connectivity index (χ0) is 18.1. The second kappa shape index (κ2) is 6.48. The lowest BCUT2D eigenvalue weighted by molar-refractivity contribution is -0.116. The fourth-order valence-electron chi connectivity index (χ4n) is 2.54. The highest BCUT2D eigenvalue weighted by Gasteiger charge is 2.19. The van der Waals surface area contributed by atoms with Crippen molar-refractivity contribution < 1.29 is 14.7 Å². The molecule has 1 aromatic carbocycles. The van der Waals surface area contributed by atoms with Crippen LogP contribution in [0.5, 0.6) is 0 Å². The molecule has 2 heterocycles. The lowest BCUT2D eigenvalue weighted by atomic mass is 10.2.